The molecule has 1 heterocycles. The molecule has 1 atom stereocenters. The molecule has 2 aromatic carbocycles. The molecule has 0 saturated carbocycles. The van der Waals surface area contributed by atoms with Gasteiger partial charge in [0.15, 0.2) is 0 Å². The van der Waals surface area contributed by atoms with Gasteiger partial charge in [0.1, 0.15) is 5.82 Å². The predicted octanol–water partition coefficient (Wildman–Crippen LogP) is 5.22. The van der Waals surface area contributed by atoms with E-state index in [4.69, 9.17) is 0 Å². The Hall–Kier alpha value is -1.28. The topological polar surface area (TPSA) is 0 Å². The van der Waals surface area contributed by atoms with Gasteiger partial charge in [0, 0.05) is 16.6 Å². The summed E-state index contributed by atoms with van der Waals surface area (Å²) in [7, 11) is 0. The summed E-state index contributed by atoms with van der Waals surface area (Å²) in [4.78, 5) is 1.29. The molecule has 0 aromatic heterocycles. The van der Waals surface area contributed by atoms with E-state index < -0.39 is 0 Å². The zero-order chi connectivity index (χ0) is 13.4. The standard InChI is InChI=1S/C17H17FS/c1-11(2)16-13-7-3-4-9-15(13)19-10-12-6-5-8-14(18)17(12)16/h3-9,11,16H,10H2,1-2H3/t16-/m0/s1. The molecular formula is C17H17FS. The van der Waals surface area contributed by atoms with Gasteiger partial charge in [-0.2, -0.15) is 0 Å². The van der Waals surface area contributed by atoms with Crippen LogP contribution < -0.4 is 0 Å². The van der Waals surface area contributed by atoms with E-state index in [2.05, 4.69) is 44.2 Å². The minimum absolute atomic E-state index is 0.0616. The van der Waals surface area contributed by atoms with E-state index in [-0.39, 0.29) is 11.7 Å². The van der Waals surface area contributed by atoms with Crippen molar-refractivity contribution < 1.29 is 4.39 Å². The van der Waals surface area contributed by atoms with Crippen molar-refractivity contribution in [1.29, 1.82) is 0 Å². The smallest absolute Gasteiger partial charge is 0.127 e. The maximum atomic E-state index is 14.3. The predicted molar refractivity (Wildman–Crippen MR) is 79.1 cm³/mol. The zero-order valence-electron chi connectivity index (χ0n) is 11.2. The van der Waals surface area contributed by atoms with Gasteiger partial charge in [-0.1, -0.05) is 44.2 Å². The zero-order valence-corrected chi connectivity index (χ0v) is 12.0. The van der Waals surface area contributed by atoms with E-state index in [1.807, 2.05) is 17.8 Å². The van der Waals surface area contributed by atoms with Crippen LogP contribution in [0.1, 0.15) is 36.5 Å². The summed E-state index contributed by atoms with van der Waals surface area (Å²) in [5, 5.41) is 0. The van der Waals surface area contributed by atoms with E-state index in [1.54, 1.807) is 6.07 Å². The number of hydrogen-bond donors (Lipinski definition) is 0. The fourth-order valence-electron chi connectivity index (χ4n) is 2.93. The van der Waals surface area contributed by atoms with E-state index in [9.17, 15) is 4.39 Å². The molecule has 0 aliphatic carbocycles. The second-order valence-corrected chi connectivity index (χ2v) is 6.38. The highest BCUT2D eigenvalue weighted by molar-refractivity contribution is 7.98. The highest BCUT2D eigenvalue weighted by Gasteiger charge is 2.28. The van der Waals surface area contributed by atoms with Crippen LogP contribution in [0.15, 0.2) is 47.4 Å². The second-order valence-electron chi connectivity index (χ2n) is 5.36. The molecule has 0 unspecified atom stereocenters. The highest BCUT2D eigenvalue weighted by Crippen LogP contribution is 2.44. The highest BCUT2D eigenvalue weighted by atomic mass is 32.2. The number of hydrogen-bond acceptors (Lipinski definition) is 1. The van der Waals surface area contributed by atoms with Crippen LogP contribution in [0.5, 0.6) is 0 Å². The van der Waals surface area contributed by atoms with Crippen LogP contribution in [0.2, 0.25) is 0 Å². The van der Waals surface area contributed by atoms with Gasteiger partial charge in [0.05, 0.1) is 0 Å². The molecule has 1 aliphatic rings. The molecular weight excluding hydrogens is 255 g/mol. The van der Waals surface area contributed by atoms with Crippen LogP contribution in [-0.2, 0) is 5.75 Å². The Labute approximate surface area is 118 Å². The Morgan fingerprint density at radius 3 is 2.68 bits per heavy atom. The van der Waals surface area contributed by atoms with Crippen molar-refractivity contribution in [2.75, 3.05) is 0 Å². The van der Waals surface area contributed by atoms with Crippen LogP contribution >= 0.6 is 11.8 Å². The summed E-state index contributed by atoms with van der Waals surface area (Å²) in [5.74, 6) is 1.33. The van der Waals surface area contributed by atoms with Crippen molar-refractivity contribution >= 4 is 11.8 Å². The number of fused-ring (bicyclic) bond motifs is 2. The molecule has 0 saturated heterocycles. The maximum Gasteiger partial charge on any atom is 0.127 e. The normalized spacial score (nSPS) is 17.8. The van der Waals surface area contributed by atoms with Crippen molar-refractivity contribution in [1.82, 2.24) is 0 Å². The number of halogens is 1. The molecule has 98 valence electrons. The molecule has 19 heavy (non-hydrogen) atoms. The molecule has 2 aromatic rings. The molecule has 0 nitrogen and oxygen atoms in total. The number of benzene rings is 2. The van der Waals surface area contributed by atoms with Crippen molar-refractivity contribution in [3.8, 4) is 0 Å². The van der Waals surface area contributed by atoms with Gasteiger partial charge in [0.2, 0.25) is 0 Å². The van der Waals surface area contributed by atoms with Crippen LogP contribution in [-0.4, -0.2) is 0 Å². The van der Waals surface area contributed by atoms with E-state index in [0.717, 1.165) is 16.9 Å². The fourth-order valence-corrected chi connectivity index (χ4v) is 4.03. The minimum atomic E-state index is -0.0616. The first kappa shape index (κ1) is 12.7. The Kier molecular flexibility index (Phi) is 3.36. The van der Waals surface area contributed by atoms with E-state index in [1.165, 1.54) is 10.5 Å². The van der Waals surface area contributed by atoms with Gasteiger partial charge in [-0.3, -0.25) is 0 Å². The number of thioether (sulfide) groups is 1. The molecule has 1 aliphatic heterocycles. The lowest BCUT2D eigenvalue weighted by atomic mass is 9.80. The quantitative estimate of drug-likeness (QED) is 0.686. The molecule has 3 rings (SSSR count). The molecule has 0 spiro atoms. The summed E-state index contributed by atoms with van der Waals surface area (Å²) in [6.07, 6.45) is 0. The first-order valence-electron chi connectivity index (χ1n) is 6.67. The van der Waals surface area contributed by atoms with E-state index >= 15 is 0 Å². The molecule has 0 bridgehead atoms. The van der Waals surface area contributed by atoms with Gasteiger partial charge in [-0.15, -0.1) is 11.8 Å². The van der Waals surface area contributed by atoms with Gasteiger partial charge >= 0.3 is 0 Å². The average Bonchev–Trinajstić information content (AvgIpc) is 2.56. The van der Waals surface area contributed by atoms with Crippen LogP contribution in [0.3, 0.4) is 0 Å². The molecule has 2 heteroatoms. The summed E-state index contributed by atoms with van der Waals surface area (Å²) >= 11 is 1.82. The number of rotatable bonds is 1. The summed E-state index contributed by atoms with van der Waals surface area (Å²) in [6.45, 7) is 4.35. The maximum absolute atomic E-state index is 14.3. The molecule has 0 N–H and O–H groups in total. The molecule has 0 amide bonds. The second kappa shape index (κ2) is 5.01. The third kappa shape index (κ3) is 2.18. The van der Waals surface area contributed by atoms with Crippen LogP contribution in [0, 0.1) is 11.7 Å². The third-order valence-electron chi connectivity index (χ3n) is 3.76. The SMILES string of the molecule is CC(C)[C@H]1c2ccccc2SCc2cccc(F)c21. The third-order valence-corrected chi connectivity index (χ3v) is 4.90. The summed E-state index contributed by atoms with van der Waals surface area (Å²) in [5.41, 5.74) is 3.31. The Morgan fingerprint density at radius 2 is 1.89 bits per heavy atom. The van der Waals surface area contributed by atoms with Gasteiger partial charge in [-0.25, -0.2) is 4.39 Å². The Balaban J connectivity index is 2.26. The first-order chi connectivity index (χ1) is 9.18. The first-order valence-corrected chi connectivity index (χ1v) is 7.66. The molecule has 0 radical (unpaired) electrons. The summed E-state index contributed by atoms with van der Waals surface area (Å²) in [6, 6.07) is 13.9. The lowest BCUT2D eigenvalue weighted by molar-refractivity contribution is 0.517. The Bertz CT molecular complexity index is 604. The van der Waals surface area contributed by atoms with Crippen molar-refractivity contribution in [2.45, 2.75) is 30.4 Å². The van der Waals surface area contributed by atoms with E-state index in [0.29, 0.717) is 5.92 Å². The van der Waals surface area contributed by atoms with Crippen molar-refractivity contribution in [3.05, 3.63) is 65.0 Å². The lowest BCUT2D eigenvalue weighted by Gasteiger charge is -2.24. The monoisotopic (exact) mass is 272 g/mol. The van der Waals surface area contributed by atoms with Gasteiger partial charge < -0.3 is 0 Å². The molecule has 0 fully saturated rings. The summed E-state index contributed by atoms with van der Waals surface area (Å²) < 4.78 is 14.3. The van der Waals surface area contributed by atoms with Crippen LogP contribution in [0.4, 0.5) is 4.39 Å². The van der Waals surface area contributed by atoms with Crippen molar-refractivity contribution in [2.24, 2.45) is 5.92 Å². The van der Waals surface area contributed by atoms with Crippen molar-refractivity contribution in [3.63, 3.8) is 0 Å². The largest absolute Gasteiger partial charge is 0.207 e. The van der Waals surface area contributed by atoms with Gasteiger partial charge in [-0.05, 0) is 34.7 Å². The minimum Gasteiger partial charge on any atom is -0.207 e. The van der Waals surface area contributed by atoms with Crippen LogP contribution in [0.25, 0.3) is 0 Å². The lowest BCUT2D eigenvalue weighted by Crippen LogP contribution is -2.12. The average molecular weight is 272 g/mol. The fraction of sp³-hybridized carbons (Fsp3) is 0.294. The van der Waals surface area contributed by atoms with Gasteiger partial charge in [0.25, 0.3) is 0 Å². The Morgan fingerprint density at radius 1 is 1.11 bits per heavy atom.